The van der Waals surface area contributed by atoms with Gasteiger partial charge in [0.1, 0.15) is 6.54 Å². The second-order valence-corrected chi connectivity index (χ2v) is 5.53. The lowest BCUT2D eigenvalue weighted by molar-refractivity contribution is -0.679. The van der Waals surface area contributed by atoms with Gasteiger partial charge in [0.05, 0.1) is 12.8 Å². The van der Waals surface area contributed by atoms with Crippen LogP contribution in [0.3, 0.4) is 0 Å². The van der Waals surface area contributed by atoms with Gasteiger partial charge in [0.25, 0.3) is 0 Å². The topological polar surface area (TPSA) is 29.8 Å². The zero-order chi connectivity index (χ0) is 12.3. The molecule has 2 heteroatoms. The SMILES string of the molecule is CC1=C[C@H](C)[C@H](C[NH2+]Cc2ccco2)[C@@H](C)C1. The molecule has 0 saturated carbocycles. The predicted molar refractivity (Wildman–Crippen MR) is 69.4 cm³/mol. The van der Waals surface area contributed by atoms with E-state index in [9.17, 15) is 0 Å². The molecule has 0 amide bonds. The number of furan rings is 1. The lowest BCUT2D eigenvalue weighted by atomic mass is 9.75. The Labute approximate surface area is 104 Å². The van der Waals surface area contributed by atoms with Crippen molar-refractivity contribution in [1.82, 2.24) is 0 Å². The summed E-state index contributed by atoms with van der Waals surface area (Å²) in [6.45, 7) is 9.16. The molecule has 2 nitrogen and oxygen atoms in total. The fraction of sp³-hybridized carbons (Fsp3) is 0.600. The molecule has 1 aliphatic carbocycles. The van der Waals surface area contributed by atoms with E-state index in [0.29, 0.717) is 5.92 Å². The van der Waals surface area contributed by atoms with Crippen molar-refractivity contribution < 1.29 is 9.73 Å². The summed E-state index contributed by atoms with van der Waals surface area (Å²) in [5.74, 6) is 3.40. The lowest BCUT2D eigenvalue weighted by Crippen LogP contribution is -2.84. The highest BCUT2D eigenvalue weighted by Crippen LogP contribution is 2.32. The maximum absolute atomic E-state index is 5.35. The highest BCUT2D eigenvalue weighted by molar-refractivity contribution is 5.08. The first-order valence-electron chi connectivity index (χ1n) is 6.68. The van der Waals surface area contributed by atoms with Crippen LogP contribution in [0.5, 0.6) is 0 Å². The van der Waals surface area contributed by atoms with Crippen LogP contribution in [0.1, 0.15) is 33.0 Å². The van der Waals surface area contributed by atoms with E-state index in [2.05, 4.69) is 32.2 Å². The maximum Gasteiger partial charge on any atom is 0.157 e. The summed E-state index contributed by atoms with van der Waals surface area (Å²) in [4.78, 5) is 0. The third-order valence-electron chi connectivity index (χ3n) is 3.96. The summed E-state index contributed by atoms with van der Waals surface area (Å²) in [6.07, 6.45) is 5.47. The lowest BCUT2D eigenvalue weighted by Gasteiger charge is -2.31. The molecule has 0 aromatic carbocycles. The van der Waals surface area contributed by atoms with Gasteiger partial charge in [0.2, 0.25) is 0 Å². The van der Waals surface area contributed by atoms with Crippen LogP contribution in [0, 0.1) is 17.8 Å². The van der Waals surface area contributed by atoms with Crippen LogP contribution in [0.2, 0.25) is 0 Å². The minimum Gasteiger partial charge on any atom is -0.463 e. The first-order valence-corrected chi connectivity index (χ1v) is 6.68. The Morgan fingerprint density at radius 2 is 2.24 bits per heavy atom. The van der Waals surface area contributed by atoms with E-state index in [1.165, 1.54) is 13.0 Å². The van der Waals surface area contributed by atoms with Crippen LogP contribution in [0.4, 0.5) is 0 Å². The van der Waals surface area contributed by atoms with E-state index in [4.69, 9.17) is 4.42 Å². The van der Waals surface area contributed by atoms with E-state index in [1.807, 2.05) is 12.1 Å². The van der Waals surface area contributed by atoms with Gasteiger partial charge in [-0.3, -0.25) is 0 Å². The summed E-state index contributed by atoms with van der Waals surface area (Å²) >= 11 is 0. The van der Waals surface area contributed by atoms with Crippen molar-refractivity contribution in [2.24, 2.45) is 17.8 Å². The Bertz CT molecular complexity index is 366. The van der Waals surface area contributed by atoms with Crippen molar-refractivity contribution in [3.63, 3.8) is 0 Å². The van der Waals surface area contributed by atoms with Crippen molar-refractivity contribution >= 4 is 0 Å². The monoisotopic (exact) mass is 234 g/mol. The average Bonchev–Trinajstić information content (AvgIpc) is 2.74. The van der Waals surface area contributed by atoms with Gasteiger partial charge >= 0.3 is 0 Å². The molecule has 1 heterocycles. The molecule has 1 aliphatic rings. The first-order chi connectivity index (χ1) is 8.16. The van der Waals surface area contributed by atoms with Crippen molar-refractivity contribution in [2.45, 2.75) is 33.7 Å². The summed E-state index contributed by atoms with van der Waals surface area (Å²) in [7, 11) is 0. The number of quaternary nitrogens is 1. The standard InChI is InChI=1S/C15H23NO/c1-11-7-12(2)15(13(3)8-11)10-16-9-14-5-4-6-17-14/h4-7,12-13,15-16H,8-10H2,1-3H3/p+1/t12-,13-,15-/m0/s1. The largest absolute Gasteiger partial charge is 0.463 e. The van der Waals surface area contributed by atoms with Gasteiger partial charge in [-0.05, 0) is 37.3 Å². The molecule has 0 saturated heterocycles. The van der Waals surface area contributed by atoms with Gasteiger partial charge in [-0.15, -0.1) is 0 Å². The van der Waals surface area contributed by atoms with E-state index in [1.54, 1.807) is 11.8 Å². The number of hydrogen-bond acceptors (Lipinski definition) is 1. The number of hydrogen-bond donors (Lipinski definition) is 1. The molecule has 0 bridgehead atoms. The highest BCUT2D eigenvalue weighted by atomic mass is 16.3. The molecule has 0 fully saturated rings. The van der Waals surface area contributed by atoms with Crippen molar-refractivity contribution in [2.75, 3.05) is 6.54 Å². The fourth-order valence-corrected chi connectivity index (χ4v) is 3.11. The van der Waals surface area contributed by atoms with Gasteiger partial charge < -0.3 is 9.73 Å². The molecular formula is C15H24NO+. The van der Waals surface area contributed by atoms with E-state index in [-0.39, 0.29) is 0 Å². The normalized spacial score (nSPS) is 29.1. The average molecular weight is 234 g/mol. The van der Waals surface area contributed by atoms with Gasteiger partial charge in [0.15, 0.2) is 5.76 Å². The van der Waals surface area contributed by atoms with Gasteiger partial charge in [-0.25, -0.2) is 0 Å². The molecule has 3 atom stereocenters. The minimum absolute atomic E-state index is 0.714. The van der Waals surface area contributed by atoms with Crippen LogP contribution in [0.25, 0.3) is 0 Å². The van der Waals surface area contributed by atoms with Gasteiger partial charge in [-0.1, -0.05) is 25.5 Å². The zero-order valence-corrected chi connectivity index (χ0v) is 11.1. The summed E-state index contributed by atoms with van der Waals surface area (Å²) in [5, 5.41) is 2.38. The molecule has 94 valence electrons. The van der Waals surface area contributed by atoms with E-state index >= 15 is 0 Å². The molecule has 0 radical (unpaired) electrons. The summed E-state index contributed by atoms with van der Waals surface area (Å²) < 4.78 is 5.35. The smallest absolute Gasteiger partial charge is 0.157 e. The molecule has 1 aromatic heterocycles. The van der Waals surface area contributed by atoms with Gasteiger partial charge in [0, 0.05) is 5.92 Å². The zero-order valence-electron chi connectivity index (χ0n) is 11.1. The summed E-state index contributed by atoms with van der Waals surface area (Å²) in [5.41, 5.74) is 1.56. The Kier molecular flexibility index (Phi) is 4.06. The Morgan fingerprint density at radius 1 is 1.41 bits per heavy atom. The predicted octanol–water partition coefficient (Wildman–Crippen LogP) is 2.58. The minimum atomic E-state index is 0.714. The van der Waals surface area contributed by atoms with Crippen LogP contribution >= 0.6 is 0 Å². The second kappa shape index (κ2) is 5.54. The Morgan fingerprint density at radius 3 is 2.88 bits per heavy atom. The third kappa shape index (κ3) is 3.22. The third-order valence-corrected chi connectivity index (χ3v) is 3.96. The molecule has 17 heavy (non-hydrogen) atoms. The molecule has 2 N–H and O–H groups in total. The summed E-state index contributed by atoms with van der Waals surface area (Å²) in [6, 6.07) is 4.01. The molecule has 0 unspecified atom stereocenters. The number of rotatable bonds is 4. The van der Waals surface area contributed by atoms with E-state index in [0.717, 1.165) is 24.1 Å². The second-order valence-electron chi connectivity index (χ2n) is 5.53. The molecular weight excluding hydrogens is 210 g/mol. The first kappa shape index (κ1) is 12.4. The highest BCUT2D eigenvalue weighted by Gasteiger charge is 2.27. The molecule has 0 aliphatic heterocycles. The van der Waals surface area contributed by atoms with Crippen LogP contribution in [-0.2, 0) is 6.54 Å². The van der Waals surface area contributed by atoms with Crippen LogP contribution in [-0.4, -0.2) is 6.54 Å². The van der Waals surface area contributed by atoms with Crippen LogP contribution < -0.4 is 5.32 Å². The van der Waals surface area contributed by atoms with E-state index < -0.39 is 0 Å². The van der Waals surface area contributed by atoms with Crippen molar-refractivity contribution in [1.29, 1.82) is 0 Å². The number of allylic oxidation sites excluding steroid dienone is 2. The molecule has 1 aromatic rings. The number of nitrogens with two attached hydrogens (primary N) is 1. The van der Waals surface area contributed by atoms with Crippen LogP contribution in [0.15, 0.2) is 34.5 Å². The maximum atomic E-state index is 5.35. The quantitative estimate of drug-likeness (QED) is 0.797. The molecule has 2 rings (SSSR count). The van der Waals surface area contributed by atoms with Crippen molar-refractivity contribution in [3.05, 3.63) is 35.8 Å². The fourth-order valence-electron chi connectivity index (χ4n) is 3.11. The van der Waals surface area contributed by atoms with Crippen molar-refractivity contribution in [3.8, 4) is 0 Å². The van der Waals surface area contributed by atoms with Gasteiger partial charge in [-0.2, -0.15) is 0 Å². The Hall–Kier alpha value is -1.02. The Balaban J connectivity index is 1.82. The molecule has 0 spiro atoms.